The molecule has 1 aliphatic carbocycles. The van der Waals surface area contributed by atoms with Gasteiger partial charge in [-0.2, -0.15) is 4.99 Å². The molecule has 7 nitrogen and oxygen atoms in total. The summed E-state index contributed by atoms with van der Waals surface area (Å²) < 4.78 is 19.3. The molecule has 2 heterocycles. The second-order valence-electron chi connectivity index (χ2n) is 7.34. The van der Waals surface area contributed by atoms with E-state index in [2.05, 4.69) is 4.99 Å². The number of amides is 1. The Labute approximate surface area is 173 Å². The Hall–Kier alpha value is -2.35. The van der Waals surface area contributed by atoms with Crippen molar-refractivity contribution in [2.75, 3.05) is 19.8 Å². The van der Waals surface area contributed by atoms with Crippen molar-refractivity contribution in [3.8, 4) is 11.5 Å². The van der Waals surface area contributed by atoms with Crippen LogP contribution in [0.5, 0.6) is 11.5 Å². The summed E-state index contributed by atoms with van der Waals surface area (Å²) in [4.78, 5) is 29.8. The number of esters is 1. The Kier molecular flexibility index (Phi) is 6.18. The minimum Gasteiger partial charge on any atom is -0.486 e. The molecule has 1 fully saturated rings. The lowest BCUT2D eigenvalue weighted by Gasteiger charge is -2.18. The zero-order chi connectivity index (χ0) is 20.2. The van der Waals surface area contributed by atoms with Crippen LogP contribution in [-0.2, 0) is 20.9 Å². The van der Waals surface area contributed by atoms with Gasteiger partial charge in [0.05, 0.1) is 23.2 Å². The SMILES string of the molecule is CCOC(=O)CCn1c(=NC(=O)C2CCCCC2)sc2cc3c(cc21)OCCO3. The van der Waals surface area contributed by atoms with E-state index < -0.39 is 0 Å². The Morgan fingerprint density at radius 3 is 2.62 bits per heavy atom. The van der Waals surface area contributed by atoms with Crippen LogP contribution in [0, 0.1) is 5.92 Å². The van der Waals surface area contributed by atoms with E-state index in [1.807, 2.05) is 16.7 Å². The molecule has 0 atom stereocenters. The molecule has 0 saturated heterocycles. The van der Waals surface area contributed by atoms with Crippen LogP contribution in [0.25, 0.3) is 10.2 Å². The molecule has 1 aromatic carbocycles. The van der Waals surface area contributed by atoms with E-state index in [4.69, 9.17) is 14.2 Å². The molecule has 8 heteroatoms. The summed E-state index contributed by atoms with van der Waals surface area (Å²) >= 11 is 1.44. The zero-order valence-electron chi connectivity index (χ0n) is 16.6. The number of hydrogen-bond acceptors (Lipinski definition) is 6. The summed E-state index contributed by atoms with van der Waals surface area (Å²) in [7, 11) is 0. The molecule has 1 aromatic heterocycles. The van der Waals surface area contributed by atoms with Crippen molar-refractivity contribution in [3.05, 3.63) is 16.9 Å². The highest BCUT2D eigenvalue weighted by atomic mass is 32.1. The number of hydrogen-bond donors (Lipinski definition) is 0. The van der Waals surface area contributed by atoms with Gasteiger partial charge in [0.15, 0.2) is 16.3 Å². The highest BCUT2D eigenvalue weighted by Gasteiger charge is 2.22. The van der Waals surface area contributed by atoms with Gasteiger partial charge in [-0.05, 0) is 19.8 Å². The summed E-state index contributed by atoms with van der Waals surface area (Å²) in [5.74, 6) is 1.07. The van der Waals surface area contributed by atoms with Crippen LogP contribution >= 0.6 is 11.3 Å². The van der Waals surface area contributed by atoms with Crippen molar-refractivity contribution >= 4 is 33.4 Å². The normalized spacial score (nSPS) is 17.5. The van der Waals surface area contributed by atoms with E-state index in [-0.39, 0.29) is 24.2 Å². The van der Waals surface area contributed by atoms with Gasteiger partial charge in [-0.25, -0.2) is 0 Å². The highest BCUT2D eigenvalue weighted by molar-refractivity contribution is 7.16. The monoisotopic (exact) mass is 418 g/mol. The average Bonchev–Trinajstić information content (AvgIpc) is 3.07. The summed E-state index contributed by atoms with van der Waals surface area (Å²) in [6.45, 7) is 3.56. The number of rotatable bonds is 5. The fourth-order valence-corrected chi connectivity index (χ4v) is 4.95. The van der Waals surface area contributed by atoms with Gasteiger partial charge >= 0.3 is 5.97 Å². The summed E-state index contributed by atoms with van der Waals surface area (Å²) in [5, 5.41) is 0. The van der Waals surface area contributed by atoms with Crippen LogP contribution < -0.4 is 14.3 Å². The topological polar surface area (TPSA) is 79.1 Å². The van der Waals surface area contributed by atoms with Crippen LogP contribution in [0.15, 0.2) is 17.1 Å². The Balaban J connectivity index is 1.72. The van der Waals surface area contributed by atoms with E-state index in [0.717, 1.165) is 35.9 Å². The van der Waals surface area contributed by atoms with Crippen molar-refractivity contribution in [3.63, 3.8) is 0 Å². The second kappa shape index (κ2) is 8.98. The molecular formula is C21H26N2O5S. The van der Waals surface area contributed by atoms with Crippen molar-refractivity contribution < 1.29 is 23.8 Å². The van der Waals surface area contributed by atoms with Crippen LogP contribution in [0.2, 0.25) is 0 Å². The molecule has 0 spiro atoms. The number of aromatic nitrogens is 1. The molecule has 156 valence electrons. The number of benzene rings is 1. The third kappa shape index (κ3) is 4.47. The lowest BCUT2D eigenvalue weighted by Crippen LogP contribution is -2.23. The molecule has 4 rings (SSSR count). The fraction of sp³-hybridized carbons (Fsp3) is 0.571. The summed E-state index contributed by atoms with van der Waals surface area (Å²) in [6, 6.07) is 3.84. The van der Waals surface area contributed by atoms with E-state index in [1.165, 1.54) is 17.8 Å². The third-order valence-electron chi connectivity index (χ3n) is 5.35. The number of fused-ring (bicyclic) bond motifs is 2. The lowest BCUT2D eigenvalue weighted by molar-refractivity contribution is -0.143. The molecule has 1 saturated carbocycles. The van der Waals surface area contributed by atoms with Gasteiger partial charge in [0.2, 0.25) is 0 Å². The number of thiazole rings is 1. The summed E-state index contributed by atoms with van der Waals surface area (Å²) in [5.41, 5.74) is 0.888. The number of aryl methyl sites for hydroxylation is 1. The maximum atomic E-state index is 12.8. The smallest absolute Gasteiger partial charge is 0.307 e. The quantitative estimate of drug-likeness (QED) is 0.695. The maximum absolute atomic E-state index is 12.8. The van der Waals surface area contributed by atoms with Gasteiger partial charge in [0, 0.05) is 24.6 Å². The molecule has 2 aromatic rings. The fourth-order valence-electron chi connectivity index (χ4n) is 3.88. The third-order valence-corrected chi connectivity index (χ3v) is 6.39. The minimum absolute atomic E-state index is 0.00680. The molecule has 1 amide bonds. The first-order valence-corrected chi connectivity index (χ1v) is 11.1. The van der Waals surface area contributed by atoms with Gasteiger partial charge < -0.3 is 18.8 Å². The number of ether oxygens (including phenoxy) is 3. The van der Waals surface area contributed by atoms with Gasteiger partial charge in [0.1, 0.15) is 13.2 Å². The highest BCUT2D eigenvalue weighted by Crippen LogP contribution is 2.35. The van der Waals surface area contributed by atoms with Gasteiger partial charge in [-0.1, -0.05) is 30.6 Å². The number of carbonyl (C=O) groups is 2. The molecule has 29 heavy (non-hydrogen) atoms. The number of nitrogens with zero attached hydrogens (tertiary/aromatic N) is 2. The van der Waals surface area contributed by atoms with Gasteiger partial charge in [0.25, 0.3) is 5.91 Å². The molecule has 1 aliphatic heterocycles. The predicted molar refractivity (Wildman–Crippen MR) is 109 cm³/mol. The van der Waals surface area contributed by atoms with E-state index >= 15 is 0 Å². The van der Waals surface area contributed by atoms with Crippen molar-refractivity contribution in [1.29, 1.82) is 0 Å². The standard InChI is InChI=1S/C21H26N2O5S/c1-2-26-19(24)8-9-23-15-12-16-17(28-11-10-27-16)13-18(15)29-21(23)22-20(25)14-6-4-3-5-7-14/h12-14H,2-11H2,1H3. The summed E-state index contributed by atoms with van der Waals surface area (Å²) in [6.07, 6.45) is 5.40. The van der Waals surface area contributed by atoms with Crippen molar-refractivity contribution in [1.82, 2.24) is 4.57 Å². The molecule has 0 unspecified atom stereocenters. The molecule has 0 bridgehead atoms. The zero-order valence-corrected chi connectivity index (χ0v) is 17.5. The van der Waals surface area contributed by atoms with Crippen molar-refractivity contribution in [2.24, 2.45) is 10.9 Å². The largest absolute Gasteiger partial charge is 0.486 e. The first-order chi connectivity index (χ1) is 14.2. The Morgan fingerprint density at radius 1 is 1.17 bits per heavy atom. The molecular weight excluding hydrogens is 392 g/mol. The predicted octanol–water partition coefficient (Wildman–Crippen LogP) is 3.43. The van der Waals surface area contributed by atoms with E-state index in [0.29, 0.717) is 42.7 Å². The van der Waals surface area contributed by atoms with E-state index in [1.54, 1.807) is 6.92 Å². The van der Waals surface area contributed by atoms with Crippen LogP contribution in [0.4, 0.5) is 0 Å². The van der Waals surface area contributed by atoms with E-state index in [9.17, 15) is 9.59 Å². The number of carbonyl (C=O) groups excluding carboxylic acids is 2. The molecule has 0 N–H and O–H groups in total. The van der Waals surface area contributed by atoms with Crippen molar-refractivity contribution in [2.45, 2.75) is 52.0 Å². The second-order valence-corrected chi connectivity index (χ2v) is 8.35. The molecule has 0 radical (unpaired) electrons. The van der Waals surface area contributed by atoms with Crippen LogP contribution in [0.1, 0.15) is 45.4 Å². The maximum Gasteiger partial charge on any atom is 0.307 e. The molecule has 2 aliphatic rings. The first kappa shape index (κ1) is 19.9. The van der Waals surface area contributed by atoms with Crippen LogP contribution in [-0.4, -0.2) is 36.3 Å². The first-order valence-electron chi connectivity index (χ1n) is 10.3. The Bertz CT molecular complexity index is 971. The van der Waals surface area contributed by atoms with Crippen LogP contribution in [0.3, 0.4) is 0 Å². The van der Waals surface area contributed by atoms with Gasteiger partial charge in [-0.15, -0.1) is 0 Å². The average molecular weight is 419 g/mol. The minimum atomic E-state index is -0.263. The van der Waals surface area contributed by atoms with Gasteiger partial charge in [-0.3, -0.25) is 9.59 Å². The Morgan fingerprint density at radius 2 is 1.90 bits per heavy atom. The lowest BCUT2D eigenvalue weighted by atomic mass is 9.89.